The average Bonchev–Trinajstić information content (AvgIpc) is 3.34. The van der Waals surface area contributed by atoms with Crippen LogP contribution in [0.15, 0.2) is 107 Å². The topological polar surface area (TPSA) is 91.1 Å². The summed E-state index contributed by atoms with van der Waals surface area (Å²) in [6, 6.07) is 27.0. The number of carbonyl (C=O) groups is 1. The summed E-state index contributed by atoms with van der Waals surface area (Å²) in [5.74, 6) is -0.314. The average molecular weight is 406 g/mol. The van der Waals surface area contributed by atoms with Crippen molar-refractivity contribution < 1.29 is 4.79 Å². The molecule has 150 valence electrons. The summed E-state index contributed by atoms with van der Waals surface area (Å²) in [6.07, 6.45) is 3.35. The Labute approximate surface area is 178 Å². The predicted octanol–water partition coefficient (Wildman–Crippen LogP) is 4.69. The van der Waals surface area contributed by atoms with Crippen LogP contribution in [0.1, 0.15) is 21.6 Å². The summed E-state index contributed by atoms with van der Waals surface area (Å²) < 4.78 is 0. The fraction of sp³-hybridized carbons (Fsp3) is 0.0417. The summed E-state index contributed by atoms with van der Waals surface area (Å²) >= 11 is 0. The largest absolute Gasteiger partial charge is 0.298 e. The third-order valence-corrected chi connectivity index (χ3v) is 5.26. The maximum Gasteiger partial charge on any atom is 0.288 e. The Morgan fingerprint density at radius 1 is 0.806 bits per heavy atom. The number of carbonyl (C=O) groups excluding carboxylic acids is 1. The van der Waals surface area contributed by atoms with Crippen LogP contribution in [-0.2, 0) is 5.54 Å². The van der Waals surface area contributed by atoms with Gasteiger partial charge in [0.25, 0.3) is 5.91 Å². The molecule has 7 heteroatoms. The molecule has 1 atom stereocenters. The molecular weight excluding hydrogens is 388 g/mol. The highest BCUT2D eigenvalue weighted by atomic mass is 16.2. The molecule has 4 aromatic rings. The SMILES string of the molecule is O=C(NNc1ccc(C2(c3ccccc3)C=NN=N2)c2ccccc12)c1ccccn1. The number of anilines is 1. The predicted molar refractivity (Wildman–Crippen MR) is 120 cm³/mol. The van der Waals surface area contributed by atoms with Crippen molar-refractivity contribution in [3.05, 3.63) is 108 Å². The fourth-order valence-electron chi connectivity index (χ4n) is 3.76. The summed E-state index contributed by atoms with van der Waals surface area (Å²) in [4.78, 5) is 16.5. The smallest absolute Gasteiger partial charge is 0.288 e. The van der Waals surface area contributed by atoms with Gasteiger partial charge in [0.1, 0.15) is 5.69 Å². The van der Waals surface area contributed by atoms with Crippen LogP contribution in [0.3, 0.4) is 0 Å². The van der Waals surface area contributed by atoms with Crippen LogP contribution < -0.4 is 10.9 Å². The highest BCUT2D eigenvalue weighted by Gasteiger charge is 2.37. The van der Waals surface area contributed by atoms with E-state index in [-0.39, 0.29) is 5.91 Å². The Kier molecular flexibility index (Phi) is 4.68. The Bertz CT molecular complexity index is 1290. The van der Waals surface area contributed by atoms with Gasteiger partial charge >= 0.3 is 0 Å². The molecule has 5 rings (SSSR count). The minimum atomic E-state index is -0.795. The second-order valence-corrected chi connectivity index (χ2v) is 7.07. The van der Waals surface area contributed by atoms with Crippen LogP contribution >= 0.6 is 0 Å². The van der Waals surface area contributed by atoms with Crippen LogP contribution in [0, 0.1) is 0 Å². The zero-order valence-electron chi connectivity index (χ0n) is 16.4. The van der Waals surface area contributed by atoms with Gasteiger partial charge in [0.15, 0.2) is 5.54 Å². The third kappa shape index (κ3) is 3.32. The van der Waals surface area contributed by atoms with Gasteiger partial charge < -0.3 is 0 Å². The van der Waals surface area contributed by atoms with E-state index < -0.39 is 5.54 Å². The number of aromatic nitrogens is 1. The van der Waals surface area contributed by atoms with Crippen LogP contribution in [0.5, 0.6) is 0 Å². The number of pyridine rings is 1. The van der Waals surface area contributed by atoms with E-state index in [0.29, 0.717) is 5.69 Å². The summed E-state index contributed by atoms with van der Waals surface area (Å²) in [6.45, 7) is 0. The number of amides is 1. The first-order valence-electron chi connectivity index (χ1n) is 9.79. The van der Waals surface area contributed by atoms with E-state index >= 15 is 0 Å². The molecule has 0 saturated carbocycles. The fourth-order valence-corrected chi connectivity index (χ4v) is 3.76. The normalized spacial score (nSPS) is 17.0. The quantitative estimate of drug-likeness (QED) is 0.471. The van der Waals surface area contributed by atoms with Crippen molar-refractivity contribution in [3.63, 3.8) is 0 Å². The van der Waals surface area contributed by atoms with E-state index in [1.165, 1.54) is 0 Å². The van der Waals surface area contributed by atoms with Crippen LogP contribution in [0.2, 0.25) is 0 Å². The van der Waals surface area contributed by atoms with E-state index in [2.05, 4.69) is 31.3 Å². The van der Waals surface area contributed by atoms with Gasteiger partial charge in [0.05, 0.1) is 11.9 Å². The maximum atomic E-state index is 12.4. The van der Waals surface area contributed by atoms with E-state index in [1.807, 2.05) is 66.7 Å². The van der Waals surface area contributed by atoms with Crippen LogP contribution in [-0.4, -0.2) is 17.1 Å². The molecule has 2 heterocycles. The number of hydrogen-bond acceptors (Lipinski definition) is 6. The summed E-state index contributed by atoms with van der Waals surface area (Å²) in [5, 5.41) is 14.4. The maximum absolute atomic E-state index is 12.4. The molecular formula is C24H18N6O. The molecule has 0 aliphatic carbocycles. The van der Waals surface area contributed by atoms with Gasteiger partial charge in [0.2, 0.25) is 0 Å². The highest BCUT2D eigenvalue weighted by Crippen LogP contribution is 2.40. The zero-order valence-corrected chi connectivity index (χ0v) is 16.4. The molecule has 0 spiro atoms. The first kappa shape index (κ1) is 18.6. The third-order valence-electron chi connectivity index (χ3n) is 5.26. The Hall–Kier alpha value is -4.39. The van der Waals surface area contributed by atoms with Crippen molar-refractivity contribution in [2.75, 3.05) is 5.43 Å². The number of hydrazine groups is 1. The van der Waals surface area contributed by atoms with Crippen molar-refractivity contribution in [3.8, 4) is 0 Å². The lowest BCUT2D eigenvalue weighted by Gasteiger charge is -2.25. The number of fused-ring (bicyclic) bond motifs is 1. The van der Waals surface area contributed by atoms with Gasteiger partial charge in [-0.25, -0.2) is 0 Å². The van der Waals surface area contributed by atoms with Gasteiger partial charge in [-0.1, -0.05) is 66.7 Å². The van der Waals surface area contributed by atoms with Gasteiger partial charge in [-0.3, -0.25) is 20.6 Å². The lowest BCUT2D eigenvalue weighted by atomic mass is 9.82. The lowest BCUT2D eigenvalue weighted by Crippen LogP contribution is -2.30. The Morgan fingerprint density at radius 3 is 2.32 bits per heavy atom. The van der Waals surface area contributed by atoms with Gasteiger partial charge in [-0.2, -0.15) is 0 Å². The minimum Gasteiger partial charge on any atom is -0.298 e. The monoisotopic (exact) mass is 406 g/mol. The molecule has 0 bridgehead atoms. The number of benzene rings is 3. The second-order valence-electron chi connectivity index (χ2n) is 7.07. The molecule has 1 aromatic heterocycles. The molecule has 1 aliphatic heterocycles. The number of rotatable bonds is 5. The highest BCUT2D eigenvalue weighted by molar-refractivity contribution is 6.01. The summed E-state index contributed by atoms with van der Waals surface area (Å²) in [5.41, 5.74) is 7.99. The van der Waals surface area contributed by atoms with Crippen molar-refractivity contribution in [2.45, 2.75) is 5.54 Å². The first-order chi connectivity index (χ1) is 15.3. The standard InChI is InChI=1S/C24H18N6O/c31-23(22-12-6-7-15-25-22)28-27-21-14-13-20(18-10-4-5-11-19(18)21)24(16-26-30-29-24)17-8-2-1-3-9-17/h1-16,27H,(H,28,31). The number of hydrogen-bond donors (Lipinski definition) is 2. The van der Waals surface area contributed by atoms with Crippen molar-refractivity contribution >= 4 is 28.6 Å². The van der Waals surface area contributed by atoms with Gasteiger partial charge in [-0.15, -0.1) is 10.2 Å². The molecule has 0 radical (unpaired) electrons. The van der Waals surface area contributed by atoms with Crippen molar-refractivity contribution in [2.24, 2.45) is 15.4 Å². The second kappa shape index (κ2) is 7.79. The first-order valence-corrected chi connectivity index (χ1v) is 9.79. The molecule has 0 fully saturated rings. The Balaban J connectivity index is 1.55. The van der Waals surface area contributed by atoms with E-state index in [9.17, 15) is 4.79 Å². The molecule has 0 saturated heterocycles. The van der Waals surface area contributed by atoms with Crippen molar-refractivity contribution in [1.29, 1.82) is 0 Å². The molecule has 31 heavy (non-hydrogen) atoms. The van der Waals surface area contributed by atoms with E-state index in [1.54, 1.807) is 30.6 Å². The molecule has 1 amide bonds. The minimum absolute atomic E-state index is 0.314. The Morgan fingerprint density at radius 2 is 1.58 bits per heavy atom. The lowest BCUT2D eigenvalue weighted by molar-refractivity contribution is 0.0958. The summed E-state index contributed by atoms with van der Waals surface area (Å²) in [7, 11) is 0. The van der Waals surface area contributed by atoms with Gasteiger partial charge in [-0.05, 0) is 39.9 Å². The molecule has 1 unspecified atom stereocenters. The van der Waals surface area contributed by atoms with Crippen LogP contribution in [0.4, 0.5) is 5.69 Å². The van der Waals surface area contributed by atoms with Crippen LogP contribution in [0.25, 0.3) is 10.8 Å². The number of nitrogens with one attached hydrogen (secondary N) is 2. The molecule has 1 aliphatic rings. The van der Waals surface area contributed by atoms with E-state index in [4.69, 9.17) is 0 Å². The zero-order chi connectivity index (χ0) is 21.1. The molecule has 3 aromatic carbocycles. The van der Waals surface area contributed by atoms with Crippen molar-refractivity contribution in [1.82, 2.24) is 10.4 Å². The van der Waals surface area contributed by atoms with Gasteiger partial charge in [0, 0.05) is 11.6 Å². The van der Waals surface area contributed by atoms with E-state index in [0.717, 1.165) is 27.6 Å². The number of nitrogens with zero attached hydrogens (tertiary/aromatic N) is 4. The molecule has 2 N–H and O–H groups in total. The molecule has 7 nitrogen and oxygen atoms in total.